The van der Waals surface area contributed by atoms with Gasteiger partial charge in [0.25, 0.3) is 5.91 Å². The third-order valence-electron chi connectivity index (χ3n) is 4.14. The van der Waals surface area contributed by atoms with Gasteiger partial charge in [-0.3, -0.25) is 4.79 Å². The second-order valence-electron chi connectivity index (χ2n) is 5.64. The average Bonchev–Trinajstić information content (AvgIpc) is 2.76. The van der Waals surface area contributed by atoms with Crippen LogP contribution in [0.5, 0.6) is 5.75 Å². The van der Waals surface area contributed by atoms with Crippen molar-refractivity contribution < 1.29 is 9.53 Å². The number of rotatable bonds is 2. The first-order chi connectivity index (χ1) is 11.1. The number of ether oxygens (including phenoxy) is 1. The summed E-state index contributed by atoms with van der Waals surface area (Å²) in [7, 11) is 1.54. The maximum absolute atomic E-state index is 13.0. The van der Waals surface area contributed by atoms with Crippen molar-refractivity contribution in [1.29, 1.82) is 0 Å². The number of amides is 1. The lowest BCUT2D eigenvalue weighted by atomic mass is 10.1. The Kier molecular flexibility index (Phi) is 4.44. The third-order valence-corrected chi connectivity index (χ3v) is 4.37. The minimum Gasteiger partial charge on any atom is -0.495 e. The van der Waals surface area contributed by atoms with E-state index in [9.17, 15) is 4.79 Å². The molecule has 23 heavy (non-hydrogen) atoms. The van der Waals surface area contributed by atoms with E-state index in [1.165, 1.54) is 0 Å². The molecule has 0 radical (unpaired) electrons. The highest BCUT2D eigenvalue weighted by Crippen LogP contribution is 2.31. The SMILES string of the molecule is COc1cc(C(=O)N2CCCCc3cc(Cl)ccc32)ccc1N. The molecule has 0 atom stereocenters. The Bertz CT molecular complexity index is 746. The Labute approximate surface area is 140 Å². The highest BCUT2D eigenvalue weighted by atomic mass is 35.5. The molecule has 1 amide bonds. The lowest BCUT2D eigenvalue weighted by molar-refractivity contribution is 0.0986. The topological polar surface area (TPSA) is 55.6 Å². The standard InChI is InChI=1S/C18H19ClN2O2/c1-23-17-11-13(5-7-15(17)20)18(22)21-9-3-2-4-12-10-14(19)6-8-16(12)21/h5-8,10-11H,2-4,9,20H2,1H3. The Morgan fingerprint density at radius 1 is 1.22 bits per heavy atom. The summed E-state index contributed by atoms with van der Waals surface area (Å²) in [5.41, 5.74) is 8.98. The van der Waals surface area contributed by atoms with Gasteiger partial charge < -0.3 is 15.4 Å². The first kappa shape index (κ1) is 15.7. The van der Waals surface area contributed by atoms with Crippen molar-refractivity contribution in [2.24, 2.45) is 0 Å². The fourth-order valence-corrected chi connectivity index (χ4v) is 3.13. The van der Waals surface area contributed by atoms with Gasteiger partial charge in [0.15, 0.2) is 0 Å². The second kappa shape index (κ2) is 6.50. The van der Waals surface area contributed by atoms with E-state index in [2.05, 4.69) is 0 Å². The first-order valence-electron chi connectivity index (χ1n) is 7.64. The Morgan fingerprint density at radius 2 is 2.04 bits per heavy atom. The van der Waals surface area contributed by atoms with Gasteiger partial charge >= 0.3 is 0 Å². The van der Waals surface area contributed by atoms with E-state index in [4.69, 9.17) is 22.1 Å². The van der Waals surface area contributed by atoms with Crippen molar-refractivity contribution in [2.75, 3.05) is 24.3 Å². The minimum absolute atomic E-state index is 0.0474. The molecule has 2 aromatic rings. The lowest BCUT2D eigenvalue weighted by Gasteiger charge is -2.23. The molecular weight excluding hydrogens is 312 g/mol. The van der Waals surface area contributed by atoms with Crippen molar-refractivity contribution in [1.82, 2.24) is 0 Å². The molecule has 0 spiro atoms. The number of halogens is 1. The summed E-state index contributed by atoms with van der Waals surface area (Å²) >= 11 is 6.10. The molecule has 0 saturated heterocycles. The number of anilines is 2. The number of nitrogens with two attached hydrogens (primary N) is 1. The number of methoxy groups -OCH3 is 1. The predicted molar refractivity (Wildman–Crippen MR) is 93.5 cm³/mol. The van der Waals surface area contributed by atoms with Crippen LogP contribution >= 0.6 is 11.6 Å². The van der Waals surface area contributed by atoms with Crippen LogP contribution in [-0.4, -0.2) is 19.6 Å². The molecule has 0 aliphatic carbocycles. The van der Waals surface area contributed by atoms with Gasteiger partial charge in [-0.05, 0) is 61.2 Å². The maximum atomic E-state index is 13.0. The van der Waals surface area contributed by atoms with Crippen LogP contribution in [0.15, 0.2) is 36.4 Å². The quantitative estimate of drug-likeness (QED) is 0.849. The zero-order chi connectivity index (χ0) is 16.4. The number of aryl methyl sites for hydroxylation is 1. The summed E-state index contributed by atoms with van der Waals surface area (Å²) in [5, 5.41) is 0.701. The molecule has 5 heteroatoms. The Hall–Kier alpha value is -2.20. The third kappa shape index (κ3) is 3.13. The normalized spacial score (nSPS) is 14.1. The largest absolute Gasteiger partial charge is 0.495 e. The summed E-state index contributed by atoms with van der Waals surface area (Å²) in [6.45, 7) is 0.695. The smallest absolute Gasteiger partial charge is 0.258 e. The molecule has 0 aromatic heterocycles. The minimum atomic E-state index is -0.0474. The summed E-state index contributed by atoms with van der Waals surface area (Å²) in [5.74, 6) is 0.468. The highest BCUT2D eigenvalue weighted by molar-refractivity contribution is 6.30. The van der Waals surface area contributed by atoms with Crippen molar-refractivity contribution in [3.63, 3.8) is 0 Å². The number of hydrogen-bond acceptors (Lipinski definition) is 3. The Balaban J connectivity index is 1.99. The summed E-state index contributed by atoms with van der Waals surface area (Å²) in [4.78, 5) is 14.8. The molecule has 0 fully saturated rings. The second-order valence-corrected chi connectivity index (χ2v) is 6.08. The number of hydrogen-bond donors (Lipinski definition) is 1. The molecule has 0 saturated carbocycles. The number of carbonyl (C=O) groups excluding carboxylic acids is 1. The average molecular weight is 331 g/mol. The van der Waals surface area contributed by atoms with Crippen LogP contribution in [0.2, 0.25) is 5.02 Å². The number of fused-ring (bicyclic) bond motifs is 1. The van der Waals surface area contributed by atoms with Crippen molar-refractivity contribution in [3.05, 3.63) is 52.5 Å². The van der Waals surface area contributed by atoms with Gasteiger partial charge in [0.05, 0.1) is 12.8 Å². The van der Waals surface area contributed by atoms with E-state index in [0.29, 0.717) is 28.6 Å². The first-order valence-corrected chi connectivity index (χ1v) is 8.02. The molecule has 4 nitrogen and oxygen atoms in total. The van der Waals surface area contributed by atoms with Crippen LogP contribution in [-0.2, 0) is 6.42 Å². The van der Waals surface area contributed by atoms with Crippen LogP contribution in [0, 0.1) is 0 Å². The van der Waals surface area contributed by atoms with Gasteiger partial charge in [-0.1, -0.05) is 11.6 Å². The van der Waals surface area contributed by atoms with Gasteiger partial charge in [-0.15, -0.1) is 0 Å². The molecule has 3 rings (SSSR count). The molecule has 1 heterocycles. The molecule has 0 unspecified atom stereocenters. The molecule has 0 bridgehead atoms. The number of benzene rings is 2. The fourth-order valence-electron chi connectivity index (χ4n) is 2.93. The lowest BCUT2D eigenvalue weighted by Crippen LogP contribution is -2.31. The van der Waals surface area contributed by atoms with E-state index in [0.717, 1.165) is 30.5 Å². The summed E-state index contributed by atoms with van der Waals surface area (Å²) in [6, 6.07) is 10.8. The van der Waals surface area contributed by atoms with Gasteiger partial charge in [0.1, 0.15) is 5.75 Å². The molecule has 2 aromatic carbocycles. The predicted octanol–water partition coefficient (Wildman–Crippen LogP) is 3.91. The van der Waals surface area contributed by atoms with E-state index in [1.54, 1.807) is 25.3 Å². The van der Waals surface area contributed by atoms with Crippen LogP contribution in [0.25, 0.3) is 0 Å². The molecule has 1 aliphatic heterocycles. The zero-order valence-corrected chi connectivity index (χ0v) is 13.8. The van der Waals surface area contributed by atoms with Crippen LogP contribution in [0.4, 0.5) is 11.4 Å². The number of carbonyl (C=O) groups is 1. The van der Waals surface area contributed by atoms with Crippen LogP contribution < -0.4 is 15.4 Å². The zero-order valence-electron chi connectivity index (χ0n) is 13.0. The molecule has 2 N–H and O–H groups in total. The fraction of sp³-hybridized carbons (Fsp3) is 0.278. The van der Waals surface area contributed by atoms with Crippen LogP contribution in [0.1, 0.15) is 28.8 Å². The van der Waals surface area contributed by atoms with Crippen molar-refractivity contribution >= 4 is 28.9 Å². The molecular formula is C18H19ClN2O2. The van der Waals surface area contributed by atoms with Gasteiger partial charge in [0, 0.05) is 22.8 Å². The van der Waals surface area contributed by atoms with Crippen molar-refractivity contribution in [3.8, 4) is 5.75 Å². The van der Waals surface area contributed by atoms with E-state index in [1.807, 2.05) is 23.1 Å². The highest BCUT2D eigenvalue weighted by Gasteiger charge is 2.23. The molecule has 120 valence electrons. The van der Waals surface area contributed by atoms with E-state index >= 15 is 0 Å². The van der Waals surface area contributed by atoms with Gasteiger partial charge in [0.2, 0.25) is 0 Å². The summed E-state index contributed by atoms with van der Waals surface area (Å²) in [6.07, 6.45) is 2.94. The number of nitrogens with zero attached hydrogens (tertiary/aromatic N) is 1. The summed E-state index contributed by atoms with van der Waals surface area (Å²) < 4.78 is 5.22. The Morgan fingerprint density at radius 3 is 2.83 bits per heavy atom. The van der Waals surface area contributed by atoms with Gasteiger partial charge in [-0.2, -0.15) is 0 Å². The van der Waals surface area contributed by atoms with E-state index in [-0.39, 0.29) is 5.91 Å². The van der Waals surface area contributed by atoms with E-state index < -0.39 is 0 Å². The van der Waals surface area contributed by atoms with Crippen LogP contribution in [0.3, 0.4) is 0 Å². The number of nitrogen functional groups attached to an aromatic ring is 1. The maximum Gasteiger partial charge on any atom is 0.258 e. The van der Waals surface area contributed by atoms with Crippen molar-refractivity contribution in [2.45, 2.75) is 19.3 Å². The monoisotopic (exact) mass is 330 g/mol. The van der Waals surface area contributed by atoms with Gasteiger partial charge in [-0.25, -0.2) is 0 Å². The molecule has 1 aliphatic rings.